The van der Waals surface area contributed by atoms with E-state index >= 15 is 0 Å². The summed E-state index contributed by atoms with van der Waals surface area (Å²) >= 11 is 0. The van der Waals surface area contributed by atoms with E-state index in [1.807, 2.05) is 0 Å². The molecule has 0 bridgehead atoms. The lowest BCUT2D eigenvalue weighted by atomic mass is 9.57. The molecule has 2 nitrogen and oxygen atoms in total. The van der Waals surface area contributed by atoms with Crippen LogP contribution in [-0.2, 0) is 0 Å². The van der Waals surface area contributed by atoms with Crippen molar-refractivity contribution in [2.75, 3.05) is 0 Å². The molecule has 0 spiro atoms. The van der Waals surface area contributed by atoms with Gasteiger partial charge in [-0.1, -0.05) is 27.7 Å². The summed E-state index contributed by atoms with van der Waals surface area (Å²) in [6, 6.07) is 0. The molecular weight excluding hydrogens is 186 g/mol. The van der Waals surface area contributed by atoms with Gasteiger partial charge in [-0.25, -0.2) is 0 Å². The van der Waals surface area contributed by atoms with Crippen molar-refractivity contribution in [1.29, 1.82) is 0 Å². The Morgan fingerprint density at radius 1 is 0.867 bits per heavy atom. The molecule has 0 unspecified atom stereocenters. The number of aliphatic hydroxyl groups is 1. The molecule has 0 amide bonds. The van der Waals surface area contributed by atoms with Crippen LogP contribution in [-0.4, -0.2) is 16.2 Å². The maximum Gasteiger partial charge on any atom is 0.0836 e. The van der Waals surface area contributed by atoms with Crippen LogP contribution < -0.4 is 5.73 Å². The second-order valence-electron chi connectivity index (χ2n) is 7.55. The Balaban J connectivity index is 2.27. The van der Waals surface area contributed by atoms with Crippen LogP contribution in [0.1, 0.15) is 59.8 Å². The van der Waals surface area contributed by atoms with Crippen LogP contribution >= 0.6 is 0 Å². The van der Waals surface area contributed by atoms with E-state index in [0.29, 0.717) is 0 Å². The molecule has 3 N–H and O–H groups in total. The van der Waals surface area contributed by atoms with Crippen molar-refractivity contribution in [3.63, 3.8) is 0 Å². The highest BCUT2D eigenvalue weighted by atomic mass is 16.3. The van der Waals surface area contributed by atoms with Crippen LogP contribution in [0.4, 0.5) is 0 Å². The molecule has 2 fully saturated rings. The minimum atomic E-state index is -0.627. The van der Waals surface area contributed by atoms with Crippen molar-refractivity contribution < 1.29 is 5.11 Å². The fourth-order valence-corrected chi connectivity index (χ4v) is 4.02. The van der Waals surface area contributed by atoms with Crippen LogP contribution in [0.25, 0.3) is 0 Å². The molecule has 0 saturated heterocycles. The number of nitrogens with two attached hydrogens (primary N) is 1. The molecule has 2 rings (SSSR count). The van der Waals surface area contributed by atoms with Gasteiger partial charge in [0.1, 0.15) is 0 Å². The van der Waals surface area contributed by atoms with E-state index in [2.05, 4.69) is 27.7 Å². The maximum absolute atomic E-state index is 10.8. The van der Waals surface area contributed by atoms with Crippen LogP contribution in [0.15, 0.2) is 0 Å². The Kier molecular flexibility index (Phi) is 2.11. The third-order valence-electron chi connectivity index (χ3n) is 4.21. The molecule has 2 heteroatoms. The van der Waals surface area contributed by atoms with Gasteiger partial charge in [0.15, 0.2) is 0 Å². The molecule has 0 aromatic heterocycles. The van der Waals surface area contributed by atoms with Crippen molar-refractivity contribution in [2.24, 2.45) is 16.6 Å². The van der Waals surface area contributed by atoms with Gasteiger partial charge < -0.3 is 10.8 Å². The molecule has 2 aliphatic carbocycles. The summed E-state index contributed by atoms with van der Waals surface area (Å²) in [6.07, 6.45) is 4.89. The van der Waals surface area contributed by atoms with Crippen molar-refractivity contribution in [1.82, 2.24) is 0 Å². The molecule has 0 aromatic rings. The van der Waals surface area contributed by atoms with Gasteiger partial charge in [0.05, 0.1) is 5.60 Å². The van der Waals surface area contributed by atoms with Gasteiger partial charge in [0.2, 0.25) is 0 Å². The second kappa shape index (κ2) is 2.78. The molecule has 0 aliphatic heterocycles. The Morgan fingerprint density at radius 3 is 1.60 bits per heavy atom. The molecule has 0 radical (unpaired) electrons. The largest absolute Gasteiger partial charge is 0.388 e. The Labute approximate surface area is 93.2 Å². The number of hydrogen-bond acceptors (Lipinski definition) is 2. The van der Waals surface area contributed by atoms with Gasteiger partial charge in [-0.15, -0.1) is 0 Å². The summed E-state index contributed by atoms with van der Waals surface area (Å²) in [6.45, 7) is 9.02. The standard InChI is InChI=1S/C13H25NO/c1-10(2)7-11(3,4)9-13(15,8-10)12(14)5-6-12/h15H,5-9,14H2,1-4H3. The van der Waals surface area contributed by atoms with E-state index in [1.165, 1.54) is 6.42 Å². The second-order valence-corrected chi connectivity index (χ2v) is 7.55. The smallest absolute Gasteiger partial charge is 0.0836 e. The van der Waals surface area contributed by atoms with Gasteiger partial charge in [-0.3, -0.25) is 0 Å². The predicted molar refractivity (Wildman–Crippen MR) is 62.5 cm³/mol. The Hall–Kier alpha value is -0.0800. The highest BCUT2D eigenvalue weighted by molar-refractivity contribution is 5.17. The van der Waals surface area contributed by atoms with Crippen molar-refractivity contribution in [3.05, 3.63) is 0 Å². The Bertz CT molecular complexity index is 260. The average molecular weight is 211 g/mol. The van der Waals surface area contributed by atoms with Crippen molar-refractivity contribution >= 4 is 0 Å². The quantitative estimate of drug-likeness (QED) is 0.700. The van der Waals surface area contributed by atoms with Crippen LogP contribution in [0.5, 0.6) is 0 Å². The predicted octanol–water partition coefficient (Wildman–Crippen LogP) is 2.45. The molecule has 0 atom stereocenters. The van der Waals surface area contributed by atoms with E-state index in [9.17, 15) is 5.11 Å². The zero-order valence-corrected chi connectivity index (χ0v) is 10.6. The van der Waals surface area contributed by atoms with Gasteiger partial charge in [-0.2, -0.15) is 0 Å². The average Bonchev–Trinajstić information content (AvgIpc) is 2.59. The van der Waals surface area contributed by atoms with Crippen LogP contribution in [0, 0.1) is 10.8 Å². The maximum atomic E-state index is 10.8. The summed E-state index contributed by atoms with van der Waals surface area (Å²) in [5, 5.41) is 10.8. The number of rotatable bonds is 1. The van der Waals surface area contributed by atoms with Crippen molar-refractivity contribution in [2.45, 2.75) is 70.9 Å². The Morgan fingerprint density at radius 2 is 1.27 bits per heavy atom. The normalized spacial score (nSPS) is 34.8. The zero-order valence-electron chi connectivity index (χ0n) is 10.6. The van der Waals surface area contributed by atoms with Gasteiger partial charge in [0.25, 0.3) is 0 Å². The first-order valence-corrected chi connectivity index (χ1v) is 6.09. The summed E-state index contributed by atoms with van der Waals surface area (Å²) in [4.78, 5) is 0. The lowest BCUT2D eigenvalue weighted by molar-refractivity contribution is -0.108. The fourth-order valence-electron chi connectivity index (χ4n) is 4.02. The first-order valence-electron chi connectivity index (χ1n) is 6.09. The highest BCUT2D eigenvalue weighted by Gasteiger charge is 2.61. The first kappa shape index (κ1) is 11.4. The van der Waals surface area contributed by atoms with E-state index in [-0.39, 0.29) is 16.4 Å². The highest BCUT2D eigenvalue weighted by Crippen LogP contribution is 2.58. The molecule has 15 heavy (non-hydrogen) atoms. The third kappa shape index (κ3) is 1.94. The third-order valence-corrected chi connectivity index (χ3v) is 4.21. The molecule has 2 aliphatic rings. The minimum absolute atomic E-state index is 0.214. The van der Waals surface area contributed by atoms with E-state index in [4.69, 9.17) is 5.73 Å². The molecule has 88 valence electrons. The van der Waals surface area contributed by atoms with Gasteiger partial charge in [-0.05, 0) is 42.9 Å². The van der Waals surface area contributed by atoms with Gasteiger partial charge in [0, 0.05) is 5.54 Å². The minimum Gasteiger partial charge on any atom is -0.388 e. The van der Waals surface area contributed by atoms with Gasteiger partial charge >= 0.3 is 0 Å². The fraction of sp³-hybridized carbons (Fsp3) is 1.00. The van der Waals surface area contributed by atoms with Crippen molar-refractivity contribution in [3.8, 4) is 0 Å². The van der Waals surface area contributed by atoms with E-state index in [1.54, 1.807) is 0 Å². The molecule has 0 heterocycles. The van der Waals surface area contributed by atoms with Crippen LogP contribution in [0.3, 0.4) is 0 Å². The lowest BCUT2D eigenvalue weighted by Crippen LogP contribution is -2.58. The SMILES string of the molecule is CC1(C)CC(C)(C)CC(O)(C2(N)CC2)C1. The molecule has 2 saturated carbocycles. The van der Waals surface area contributed by atoms with Crippen LogP contribution in [0.2, 0.25) is 0 Å². The first-order chi connectivity index (χ1) is 6.58. The summed E-state index contributed by atoms with van der Waals surface area (Å²) in [7, 11) is 0. The topological polar surface area (TPSA) is 46.2 Å². The lowest BCUT2D eigenvalue weighted by Gasteiger charge is -2.52. The monoisotopic (exact) mass is 211 g/mol. The zero-order chi connectivity index (χ0) is 11.5. The summed E-state index contributed by atoms with van der Waals surface area (Å²) < 4.78 is 0. The molecule has 0 aromatic carbocycles. The summed E-state index contributed by atoms with van der Waals surface area (Å²) in [5.41, 5.74) is 5.77. The number of hydrogen-bond donors (Lipinski definition) is 2. The molecular formula is C13H25NO. The summed E-state index contributed by atoms with van der Waals surface area (Å²) in [5.74, 6) is 0. The van der Waals surface area contributed by atoms with E-state index < -0.39 is 5.60 Å². The van der Waals surface area contributed by atoms with E-state index in [0.717, 1.165) is 25.7 Å².